The number of cyclic esters (lactones) is 1. The van der Waals surface area contributed by atoms with Crippen LogP contribution in [0.4, 0.5) is 4.39 Å². The molecule has 0 atom stereocenters. The number of ether oxygens (including phenoxy) is 3. The number of esters is 1. The molecule has 32 heavy (non-hydrogen) atoms. The maximum atomic E-state index is 13.5. The Kier molecular flexibility index (Phi) is 6.31. The average Bonchev–Trinajstić information content (AvgIpc) is 3.14. The molecular formula is C26H22FNO4. The second kappa shape index (κ2) is 9.47. The molecule has 3 aromatic rings. The fourth-order valence-corrected chi connectivity index (χ4v) is 3.28. The van der Waals surface area contributed by atoms with Gasteiger partial charge in [-0.2, -0.15) is 0 Å². The number of aliphatic imine (C=N–C) groups is 1. The summed E-state index contributed by atoms with van der Waals surface area (Å²) in [7, 11) is 0. The summed E-state index contributed by atoms with van der Waals surface area (Å²) in [6.45, 7) is 4.80. The molecule has 0 amide bonds. The second-order valence-electron chi connectivity index (χ2n) is 7.26. The molecule has 1 aliphatic heterocycles. The molecule has 0 bridgehead atoms. The first-order chi connectivity index (χ1) is 15.5. The van der Waals surface area contributed by atoms with E-state index >= 15 is 0 Å². The van der Waals surface area contributed by atoms with Crippen LogP contribution in [0.3, 0.4) is 0 Å². The number of rotatable bonds is 7. The molecule has 1 heterocycles. The summed E-state index contributed by atoms with van der Waals surface area (Å²) in [6, 6.07) is 19.2. The Labute approximate surface area is 185 Å². The lowest BCUT2D eigenvalue weighted by atomic mass is 10.1. The third kappa shape index (κ3) is 5.03. The van der Waals surface area contributed by atoms with Gasteiger partial charge in [0.2, 0.25) is 5.90 Å². The fraction of sp³-hybridized carbons (Fsp3) is 0.154. The van der Waals surface area contributed by atoms with Gasteiger partial charge in [-0.3, -0.25) is 0 Å². The first-order valence-electron chi connectivity index (χ1n) is 10.3. The molecule has 6 heteroatoms. The van der Waals surface area contributed by atoms with Crippen LogP contribution in [-0.2, 0) is 16.1 Å². The van der Waals surface area contributed by atoms with Crippen molar-refractivity contribution in [3.05, 3.63) is 100 Å². The molecule has 0 radical (unpaired) electrons. The third-order valence-corrected chi connectivity index (χ3v) is 4.74. The predicted molar refractivity (Wildman–Crippen MR) is 120 cm³/mol. The number of carbonyl (C=O) groups excluding carboxylic acids is 1. The Hall–Kier alpha value is -3.93. The lowest BCUT2D eigenvalue weighted by molar-refractivity contribution is -0.129. The van der Waals surface area contributed by atoms with E-state index in [9.17, 15) is 9.18 Å². The van der Waals surface area contributed by atoms with Crippen LogP contribution in [0.25, 0.3) is 6.08 Å². The van der Waals surface area contributed by atoms with Crippen LogP contribution in [0.1, 0.15) is 29.2 Å². The van der Waals surface area contributed by atoms with E-state index in [4.69, 9.17) is 14.2 Å². The molecule has 0 aliphatic carbocycles. The highest BCUT2D eigenvalue weighted by Crippen LogP contribution is 2.31. The smallest absolute Gasteiger partial charge is 0.363 e. The molecule has 0 N–H and O–H groups in total. The van der Waals surface area contributed by atoms with E-state index in [0.717, 1.165) is 5.56 Å². The molecule has 0 saturated carbocycles. The van der Waals surface area contributed by atoms with Crippen LogP contribution < -0.4 is 9.47 Å². The summed E-state index contributed by atoms with van der Waals surface area (Å²) in [4.78, 5) is 16.5. The second-order valence-corrected chi connectivity index (χ2v) is 7.26. The van der Waals surface area contributed by atoms with Crippen molar-refractivity contribution in [2.24, 2.45) is 4.99 Å². The van der Waals surface area contributed by atoms with E-state index in [-0.39, 0.29) is 11.6 Å². The van der Waals surface area contributed by atoms with Gasteiger partial charge in [0.25, 0.3) is 0 Å². The normalized spacial score (nSPS) is 14.3. The number of benzene rings is 3. The minimum absolute atomic E-state index is 0.0730. The van der Waals surface area contributed by atoms with Crippen molar-refractivity contribution < 1.29 is 23.4 Å². The highest BCUT2D eigenvalue weighted by Gasteiger charge is 2.24. The van der Waals surface area contributed by atoms with Crippen molar-refractivity contribution in [1.82, 2.24) is 0 Å². The van der Waals surface area contributed by atoms with Crippen LogP contribution in [0.15, 0.2) is 77.4 Å². The van der Waals surface area contributed by atoms with Gasteiger partial charge < -0.3 is 14.2 Å². The minimum Gasteiger partial charge on any atom is -0.490 e. The summed E-state index contributed by atoms with van der Waals surface area (Å²) < 4.78 is 30.4. The number of carbonyl (C=O) groups is 1. The van der Waals surface area contributed by atoms with Crippen molar-refractivity contribution in [3.63, 3.8) is 0 Å². The Balaban J connectivity index is 1.56. The fourth-order valence-electron chi connectivity index (χ4n) is 3.28. The molecule has 162 valence electrons. The highest BCUT2D eigenvalue weighted by molar-refractivity contribution is 6.12. The van der Waals surface area contributed by atoms with Gasteiger partial charge in [-0.15, -0.1) is 0 Å². The maximum Gasteiger partial charge on any atom is 0.363 e. The molecule has 0 fully saturated rings. The van der Waals surface area contributed by atoms with Crippen LogP contribution in [0, 0.1) is 12.7 Å². The van der Waals surface area contributed by atoms with Crippen molar-refractivity contribution in [1.29, 1.82) is 0 Å². The van der Waals surface area contributed by atoms with Gasteiger partial charge in [0.05, 0.1) is 6.61 Å². The zero-order valence-electron chi connectivity index (χ0n) is 17.8. The summed E-state index contributed by atoms with van der Waals surface area (Å²) in [5.41, 5.74) is 3.45. The van der Waals surface area contributed by atoms with Gasteiger partial charge in [0.15, 0.2) is 17.2 Å². The number of hydrogen-bond acceptors (Lipinski definition) is 5. The van der Waals surface area contributed by atoms with E-state index < -0.39 is 11.8 Å². The van der Waals surface area contributed by atoms with Crippen molar-refractivity contribution in [2.45, 2.75) is 20.5 Å². The van der Waals surface area contributed by atoms with Gasteiger partial charge in [-0.05, 0) is 61.4 Å². The van der Waals surface area contributed by atoms with Crippen LogP contribution in [-0.4, -0.2) is 18.5 Å². The SMILES string of the molecule is CCOc1cc(/C=C2\N=C(c3cccc(F)c3)OC2=O)ccc1OCc1cccc(C)c1. The van der Waals surface area contributed by atoms with Crippen molar-refractivity contribution in [2.75, 3.05) is 6.61 Å². The number of hydrogen-bond donors (Lipinski definition) is 0. The van der Waals surface area contributed by atoms with E-state index in [1.807, 2.05) is 38.1 Å². The molecule has 3 aromatic carbocycles. The van der Waals surface area contributed by atoms with Crippen LogP contribution in [0.5, 0.6) is 11.5 Å². The van der Waals surface area contributed by atoms with E-state index in [2.05, 4.69) is 11.1 Å². The van der Waals surface area contributed by atoms with E-state index in [1.165, 1.54) is 23.8 Å². The maximum absolute atomic E-state index is 13.5. The molecule has 0 spiro atoms. The Morgan fingerprint density at radius 1 is 1.00 bits per heavy atom. The quantitative estimate of drug-likeness (QED) is 0.368. The average molecular weight is 431 g/mol. The first kappa shape index (κ1) is 21.3. The number of nitrogens with zero attached hydrogens (tertiary/aromatic N) is 1. The van der Waals surface area contributed by atoms with Gasteiger partial charge in [0.1, 0.15) is 12.4 Å². The first-order valence-corrected chi connectivity index (χ1v) is 10.3. The monoisotopic (exact) mass is 431 g/mol. The van der Waals surface area contributed by atoms with Gasteiger partial charge in [0, 0.05) is 5.56 Å². The minimum atomic E-state index is -0.595. The number of aryl methyl sites for hydroxylation is 1. The highest BCUT2D eigenvalue weighted by atomic mass is 19.1. The van der Waals surface area contributed by atoms with Gasteiger partial charge in [-0.1, -0.05) is 42.0 Å². The zero-order valence-corrected chi connectivity index (χ0v) is 17.8. The Morgan fingerprint density at radius 3 is 2.62 bits per heavy atom. The zero-order chi connectivity index (χ0) is 22.5. The lowest BCUT2D eigenvalue weighted by Crippen LogP contribution is -2.05. The summed E-state index contributed by atoms with van der Waals surface area (Å²) in [5, 5.41) is 0. The molecule has 0 saturated heterocycles. The van der Waals surface area contributed by atoms with Crippen molar-refractivity contribution in [3.8, 4) is 11.5 Å². The van der Waals surface area contributed by atoms with Crippen LogP contribution in [0.2, 0.25) is 0 Å². The lowest BCUT2D eigenvalue weighted by Gasteiger charge is -2.13. The standard InChI is InChI=1S/C26H22FNO4/c1-3-30-24-14-18(10-11-23(24)31-16-19-7-4-6-17(2)12-19)13-22-26(29)32-25(28-22)20-8-5-9-21(27)15-20/h4-15H,3,16H2,1-2H3/b22-13-. The van der Waals surface area contributed by atoms with Gasteiger partial charge in [-0.25, -0.2) is 14.2 Å². The molecule has 0 aromatic heterocycles. The topological polar surface area (TPSA) is 57.1 Å². The predicted octanol–water partition coefficient (Wildman–Crippen LogP) is 5.46. The Bertz CT molecular complexity index is 1220. The van der Waals surface area contributed by atoms with Crippen molar-refractivity contribution >= 4 is 17.9 Å². The number of halogens is 1. The molecular weight excluding hydrogens is 409 g/mol. The molecule has 4 rings (SSSR count). The van der Waals surface area contributed by atoms with Crippen LogP contribution >= 0.6 is 0 Å². The molecule has 0 unspecified atom stereocenters. The molecule has 5 nitrogen and oxygen atoms in total. The third-order valence-electron chi connectivity index (χ3n) is 4.74. The molecule has 1 aliphatic rings. The summed E-state index contributed by atoms with van der Waals surface area (Å²) in [5.74, 6) is 0.218. The van der Waals surface area contributed by atoms with E-state index in [0.29, 0.717) is 35.8 Å². The largest absolute Gasteiger partial charge is 0.490 e. The Morgan fingerprint density at radius 2 is 1.84 bits per heavy atom. The van der Waals surface area contributed by atoms with Gasteiger partial charge >= 0.3 is 5.97 Å². The van der Waals surface area contributed by atoms with E-state index in [1.54, 1.807) is 24.3 Å². The summed E-state index contributed by atoms with van der Waals surface area (Å²) in [6.07, 6.45) is 1.60. The summed E-state index contributed by atoms with van der Waals surface area (Å²) >= 11 is 0.